The molecule has 1 aromatic carbocycles. The molecule has 0 atom stereocenters. The molecule has 1 aliphatic heterocycles. The Morgan fingerprint density at radius 1 is 1.08 bits per heavy atom. The summed E-state index contributed by atoms with van der Waals surface area (Å²) in [5.74, 6) is 0.433. The second-order valence-corrected chi connectivity index (χ2v) is 6.48. The highest BCUT2D eigenvalue weighted by Crippen LogP contribution is 2.26. The Balaban J connectivity index is 1.64. The van der Waals surface area contributed by atoms with E-state index >= 15 is 0 Å². The summed E-state index contributed by atoms with van der Waals surface area (Å²) in [6.45, 7) is 1.87. The Labute approximate surface area is 150 Å². The third-order valence-corrected chi connectivity index (χ3v) is 4.69. The maximum atomic E-state index is 12.7. The number of nitrogens with one attached hydrogen (secondary N) is 2. The zero-order chi connectivity index (χ0) is 17.9. The summed E-state index contributed by atoms with van der Waals surface area (Å²) >= 11 is 0. The fourth-order valence-corrected chi connectivity index (χ4v) is 3.38. The van der Waals surface area contributed by atoms with Crippen molar-refractivity contribution < 1.29 is 4.79 Å². The van der Waals surface area contributed by atoms with Crippen LogP contribution in [0.3, 0.4) is 0 Å². The van der Waals surface area contributed by atoms with E-state index in [0.717, 1.165) is 37.1 Å². The van der Waals surface area contributed by atoms with Gasteiger partial charge in [-0.25, -0.2) is 4.98 Å². The highest BCUT2D eigenvalue weighted by molar-refractivity contribution is 6.06. The van der Waals surface area contributed by atoms with Gasteiger partial charge in [0, 0.05) is 24.7 Å². The molecule has 0 radical (unpaired) electrons. The van der Waals surface area contributed by atoms with E-state index in [4.69, 9.17) is 0 Å². The van der Waals surface area contributed by atoms with Crippen LogP contribution in [0.1, 0.15) is 29.8 Å². The molecule has 1 fully saturated rings. The summed E-state index contributed by atoms with van der Waals surface area (Å²) in [6, 6.07) is 12.6. The number of piperidine rings is 1. The predicted molar refractivity (Wildman–Crippen MR) is 103 cm³/mol. The van der Waals surface area contributed by atoms with Gasteiger partial charge >= 0.3 is 0 Å². The number of benzene rings is 1. The molecular weight excluding hydrogens is 328 g/mol. The molecule has 3 aromatic rings. The van der Waals surface area contributed by atoms with Crippen LogP contribution in [0.4, 0.5) is 11.5 Å². The standard InChI is InChI=1S/C20H20N4O2/c25-19-15-8-3-2-7-14(15)13-17(23-19)20(26)22-16-9-6-10-21-18(16)24-11-4-1-5-12-24/h2-3,6-10,13H,1,4-5,11-12H2,(H,22,26)(H,23,25). The van der Waals surface area contributed by atoms with Crippen molar-refractivity contribution in [1.82, 2.24) is 9.97 Å². The molecule has 1 amide bonds. The molecule has 3 heterocycles. The van der Waals surface area contributed by atoms with Crippen molar-refractivity contribution >= 4 is 28.2 Å². The van der Waals surface area contributed by atoms with Gasteiger partial charge in [-0.15, -0.1) is 0 Å². The average Bonchev–Trinajstić information content (AvgIpc) is 2.69. The molecule has 0 unspecified atom stereocenters. The Hall–Kier alpha value is -3.15. The summed E-state index contributed by atoms with van der Waals surface area (Å²) in [4.78, 5) is 34.3. The summed E-state index contributed by atoms with van der Waals surface area (Å²) in [6.07, 6.45) is 5.21. The SMILES string of the molecule is O=C(Nc1cccnc1N1CCCCC1)c1cc2ccccc2c(=O)[nH]1. The fraction of sp³-hybridized carbons (Fsp3) is 0.250. The van der Waals surface area contributed by atoms with Crippen LogP contribution in [-0.2, 0) is 0 Å². The molecule has 2 aromatic heterocycles. The van der Waals surface area contributed by atoms with E-state index in [1.807, 2.05) is 18.2 Å². The summed E-state index contributed by atoms with van der Waals surface area (Å²) in [5, 5.41) is 4.21. The first-order chi connectivity index (χ1) is 12.7. The number of pyridine rings is 2. The maximum absolute atomic E-state index is 12.7. The highest BCUT2D eigenvalue weighted by Gasteiger charge is 2.18. The van der Waals surface area contributed by atoms with E-state index in [-0.39, 0.29) is 17.2 Å². The van der Waals surface area contributed by atoms with Crippen LogP contribution in [0.15, 0.2) is 53.5 Å². The molecule has 6 nitrogen and oxygen atoms in total. The molecule has 0 aliphatic carbocycles. The third-order valence-electron chi connectivity index (χ3n) is 4.69. The second-order valence-electron chi connectivity index (χ2n) is 6.48. The first-order valence-electron chi connectivity index (χ1n) is 8.86. The molecule has 0 spiro atoms. The number of H-pyrrole nitrogens is 1. The number of nitrogens with zero attached hydrogens (tertiary/aromatic N) is 2. The van der Waals surface area contributed by atoms with Crippen LogP contribution in [0, 0.1) is 0 Å². The molecule has 26 heavy (non-hydrogen) atoms. The van der Waals surface area contributed by atoms with E-state index in [2.05, 4.69) is 20.2 Å². The second kappa shape index (κ2) is 7.00. The topological polar surface area (TPSA) is 78.1 Å². The van der Waals surface area contributed by atoms with Crippen LogP contribution in [0.25, 0.3) is 10.8 Å². The minimum Gasteiger partial charge on any atom is -0.355 e. The van der Waals surface area contributed by atoms with Gasteiger partial charge in [0.15, 0.2) is 5.82 Å². The van der Waals surface area contributed by atoms with Crippen LogP contribution < -0.4 is 15.8 Å². The number of amides is 1. The van der Waals surface area contributed by atoms with Gasteiger partial charge in [-0.3, -0.25) is 9.59 Å². The number of anilines is 2. The van der Waals surface area contributed by atoms with Gasteiger partial charge in [-0.1, -0.05) is 18.2 Å². The lowest BCUT2D eigenvalue weighted by Gasteiger charge is -2.29. The molecule has 1 aliphatic rings. The van der Waals surface area contributed by atoms with Crippen molar-refractivity contribution in [3.05, 3.63) is 64.7 Å². The number of rotatable bonds is 3. The number of carbonyl (C=O) groups is 1. The Morgan fingerprint density at radius 3 is 2.73 bits per heavy atom. The number of carbonyl (C=O) groups excluding carboxylic acids is 1. The smallest absolute Gasteiger partial charge is 0.272 e. The molecule has 1 saturated heterocycles. The predicted octanol–water partition coefficient (Wildman–Crippen LogP) is 3.17. The Bertz CT molecular complexity index is 1010. The quantitative estimate of drug-likeness (QED) is 0.762. The number of fused-ring (bicyclic) bond motifs is 1. The van der Waals surface area contributed by atoms with Gasteiger partial charge in [0.25, 0.3) is 11.5 Å². The number of hydrogen-bond acceptors (Lipinski definition) is 4. The zero-order valence-electron chi connectivity index (χ0n) is 14.4. The van der Waals surface area contributed by atoms with Crippen molar-refractivity contribution in [2.45, 2.75) is 19.3 Å². The normalized spacial score (nSPS) is 14.4. The van der Waals surface area contributed by atoms with E-state index in [0.29, 0.717) is 11.1 Å². The molecule has 6 heteroatoms. The molecule has 4 rings (SSSR count). The third kappa shape index (κ3) is 3.18. The van der Waals surface area contributed by atoms with Crippen molar-refractivity contribution in [3.63, 3.8) is 0 Å². The van der Waals surface area contributed by atoms with Crippen LogP contribution in [0.2, 0.25) is 0 Å². The van der Waals surface area contributed by atoms with Crippen molar-refractivity contribution in [3.8, 4) is 0 Å². The first kappa shape index (κ1) is 16.3. The van der Waals surface area contributed by atoms with Crippen molar-refractivity contribution in [2.75, 3.05) is 23.3 Å². The van der Waals surface area contributed by atoms with Gasteiger partial charge in [-0.05, 0) is 48.9 Å². The number of aromatic amines is 1. The number of aromatic nitrogens is 2. The molecule has 0 saturated carbocycles. The van der Waals surface area contributed by atoms with Gasteiger partial charge in [-0.2, -0.15) is 0 Å². The lowest BCUT2D eigenvalue weighted by Crippen LogP contribution is -2.31. The monoisotopic (exact) mass is 348 g/mol. The van der Waals surface area contributed by atoms with Gasteiger partial charge in [0.2, 0.25) is 0 Å². The Kier molecular flexibility index (Phi) is 4.39. The summed E-state index contributed by atoms with van der Waals surface area (Å²) < 4.78 is 0. The zero-order valence-corrected chi connectivity index (χ0v) is 14.4. The van der Waals surface area contributed by atoms with Gasteiger partial charge < -0.3 is 15.2 Å². The van der Waals surface area contributed by atoms with E-state index in [1.54, 1.807) is 30.5 Å². The largest absolute Gasteiger partial charge is 0.355 e. The van der Waals surface area contributed by atoms with Crippen LogP contribution in [0.5, 0.6) is 0 Å². The Morgan fingerprint density at radius 2 is 1.88 bits per heavy atom. The number of hydrogen-bond donors (Lipinski definition) is 2. The van der Waals surface area contributed by atoms with Crippen LogP contribution >= 0.6 is 0 Å². The summed E-state index contributed by atoms with van der Waals surface area (Å²) in [7, 11) is 0. The minimum absolute atomic E-state index is 0.238. The van der Waals surface area contributed by atoms with Gasteiger partial charge in [0.05, 0.1) is 5.69 Å². The molecular formula is C20H20N4O2. The lowest BCUT2D eigenvalue weighted by molar-refractivity contribution is 0.102. The molecule has 132 valence electrons. The van der Waals surface area contributed by atoms with Crippen molar-refractivity contribution in [2.24, 2.45) is 0 Å². The lowest BCUT2D eigenvalue weighted by atomic mass is 10.1. The molecule has 2 N–H and O–H groups in total. The minimum atomic E-state index is -0.348. The van der Waals surface area contributed by atoms with E-state index in [9.17, 15) is 9.59 Å². The van der Waals surface area contributed by atoms with Gasteiger partial charge in [0.1, 0.15) is 5.69 Å². The van der Waals surface area contributed by atoms with Crippen LogP contribution in [-0.4, -0.2) is 29.0 Å². The fourth-order valence-electron chi connectivity index (χ4n) is 3.38. The van der Waals surface area contributed by atoms with E-state index < -0.39 is 0 Å². The molecule has 0 bridgehead atoms. The first-order valence-corrected chi connectivity index (χ1v) is 8.86. The van der Waals surface area contributed by atoms with Crippen molar-refractivity contribution in [1.29, 1.82) is 0 Å². The average molecular weight is 348 g/mol. The maximum Gasteiger partial charge on any atom is 0.272 e. The highest BCUT2D eigenvalue weighted by atomic mass is 16.2. The van der Waals surface area contributed by atoms with E-state index in [1.165, 1.54) is 6.42 Å². The summed E-state index contributed by atoms with van der Waals surface area (Å²) in [5.41, 5.74) is 0.631.